The van der Waals surface area contributed by atoms with Crippen molar-refractivity contribution in [2.24, 2.45) is 17.8 Å². The molecule has 7 rings (SSSR count). The number of amides is 2. The van der Waals surface area contributed by atoms with Crippen LogP contribution in [0.3, 0.4) is 0 Å². The lowest BCUT2D eigenvalue weighted by molar-refractivity contribution is -0.142. The molecule has 5 heterocycles. The summed E-state index contributed by atoms with van der Waals surface area (Å²) < 4.78 is 0. The molecule has 1 saturated carbocycles. The fraction of sp³-hybridized carbons (Fsp3) is 0.605. The molecule has 2 bridgehead atoms. The van der Waals surface area contributed by atoms with Crippen molar-refractivity contribution in [3.05, 3.63) is 45.8 Å². The van der Waals surface area contributed by atoms with Crippen LogP contribution >= 0.6 is 11.3 Å². The molecule has 2 amide bonds. The Bertz CT molecular complexity index is 1630. The summed E-state index contributed by atoms with van der Waals surface area (Å²) in [5, 5.41) is 4.84. The number of Topliss-reactive ketones (excluding diaryl/α,β-unsaturated/α-hetero) is 1. The lowest BCUT2D eigenvalue weighted by Gasteiger charge is -2.38. The van der Waals surface area contributed by atoms with Gasteiger partial charge in [-0.3, -0.25) is 14.4 Å². The third-order valence-corrected chi connectivity index (χ3v) is 13.1. The van der Waals surface area contributed by atoms with Crippen LogP contribution in [0.2, 0.25) is 0 Å². The average Bonchev–Trinajstić information content (AvgIpc) is 3.84. The van der Waals surface area contributed by atoms with Gasteiger partial charge in [0.05, 0.1) is 11.1 Å². The predicted octanol–water partition coefficient (Wildman–Crippen LogP) is 5.30. The van der Waals surface area contributed by atoms with Gasteiger partial charge in [0.1, 0.15) is 10.6 Å². The molecule has 3 unspecified atom stereocenters. The summed E-state index contributed by atoms with van der Waals surface area (Å²) in [6.45, 7) is 16.5. The van der Waals surface area contributed by atoms with Crippen LogP contribution in [0.5, 0.6) is 0 Å². The summed E-state index contributed by atoms with van der Waals surface area (Å²) in [6.07, 6.45) is 4.97. The molecule has 47 heavy (non-hydrogen) atoms. The van der Waals surface area contributed by atoms with Crippen LogP contribution in [0.25, 0.3) is 21.5 Å². The van der Waals surface area contributed by atoms with E-state index in [-0.39, 0.29) is 23.7 Å². The molecule has 3 aliphatic heterocycles. The van der Waals surface area contributed by atoms with Crippen molar-refractivity contribution in [3.8, 4) is 11.3 Å². The fourth-order valence-electron chi connectivity index (χ4n) is 8.92. The molecule has 0 radical (unpaired) electrons. The number of piperazine rings is 1. The van der Waals surface area contributed by atoms with Crippen molar-refractivity contribution in [2.45, 2.75) is 78.2 Å². The highest BCUT2D eigenvalue weighted by Gasteiger charge is 2.50. The van der Waals surface area contributed by atoms with Crippen LogP contribution in [0.15, 0.2) is 24.3 Å². The molecule has 2 N–H and O–H groups in total. The number of hydrogen-bond acceptors (Lipinski definition) is 6. The van der Waals surface area contributed by atoms with E-state index >= 15 is 0 Å². The van der Waals surface area contributed by atoms with Gasteiger partial charge >= 0.3 is 0 Å². The number of thiophene rings is 1. The Hall–Kier alpha value is -3.01. The molecule has 1 aromatic carbocycles. The second-order valence-electron chi connectivity index (χ2n) is 15.3. The van der Waals surface area contributed by atoms with Gasteiger partial charge in [-0.25, -0.2) is 0 Å². The molecule has 3 saturated heterocycles. The fourth-order valence-corrected chi connectivity index (χ4v) is 10.1. The zero-order valence-corrected chi connectivity index (χ0v) is 29.6. The Balaban J connectivity index is 1.08. The monoisotopic (exact) mass is 657 g/mol. The lowest BCUT2D eigenvalue weighted by atomic mass is 9.76. The number of aryl methyl sites for hydroxylation is 2. The van der Waals surface area contributed by atoms with E-state index in [1.165, 1.54) is 39.8 Å². The van der Waals surface area contributed by atoms with Crippen molar-refractivity contribution in [2.75, 3.05) is 52.4 Å². The van der Waals surface area contributed by atoms with Crippen LogP contribution in [0.4, 0.5) is 0 Å². The molecule has 4 fully saturated rings. The highest BCUT2D eigenvalue weighted by molar-refractivity contribution is 7.19. The Morgan fingerprint density at radius 3 is 2.17 bits per heavy atom. The number of carbonyl (C=O) groups excluding carboxylic acids is 3. The smallest absolute Gasteiger partial charge is 0.225 e. The maximum atomic E-state index is 14.0. The van der Waals surface area contributed by atoms with Gasteiger partial charge in [0.2, 0.25) is 11.8 Å². The third kappa shape index (κ3) is 6.19. The molecule has 9 heteroatoms. The van der Waals surface area contributed by atoms with Crippen LogP contribution in [-0.4, -0.2) is 95.7 Å². The van der Waals surface area contributed by atoms with Gasteiger partial charge in [-0.1, -0.05) is 17.2 Å². The Kier molecular flexibility index (Phi) is 8.85. The maximum Gasteiger partial charge on any atom is 0.225 e. The Labute approximate surface area is 283 Å². The second kappa shape index (κ2) is 12.8. The third-order valence-electron chi connectivity index (χ3n) is 11.7. The van der Waals surface area contributed by atoms with Crippen LogP contribution in [0.1, 0.15) is 68.0 Å². The molecule has 0 spiro atoms. The molecular formula is C38H51N5O3S. The Morgan fingerprint density at radius 2 is 1.57 bits per heavy atom. The van der Waals surface area contributed by atoms with Gasteiger partial charge in [-0.15, -0.1) is 11.3 Å². The van der Waals surface area contributed by atoms with Gasteiger partial charge in [0.15, 0.2) is 0 Å². The van der Waals surface area contributed by atoms with Crippen molar-refractivity contribution >= 4 is 39.2 Å². The van der Waals surface area contributed by atoms with Gasteiger partial charge in [0.25, 0.3) is 0 Å². The molecule has 1 aliphatic carbocycles. The molecule has 8 nitrogen and oxygen atoms in total. The number of nitrogens with one attached hydrogen (secondary N) is 2. The maximum absolute atomic E-state index is 14.0. The summed E-state index contributed by atoms with van der Waals surface area (Å²) >= 11 is 1.76. The quantitative estimate of drug-likeness (QED) is 0.343. The van der Waals surface area contributed by atoms with Crippen LogP contribution in [0, 0.1) is 31.6 Å². The number of hydrogen-bond donors (Lipinski definition) is 2. The predicted molar refractivity (Wildman–Crippen MR) is 189 cm³/mol. The minimum Gasteiger partial charge on any atom is -0.346 e. The van der Waals surface area contributed by atoms with Crippen molar-refractivity contribution in [1.29, 1.82) is 0 Å². The van der Waals surface area contributed by atoms with Gasteiger partial charge in [-0.2, -0.15) is 0 Å². The summed E-state index contributed by atoms with van der Waals surface area (Å²) in [5.74, 6) is 1.45. The van der Waals surface area contributed by atoms with E-state index in [9.17, 15) is 14.4 Å². The minimum atomic E-state index is -0.521. The number of likely N-dealkylation sites (tertiary alicyclic amines) is 1. The molecule has 3 atom stereocenters. The summed E-state index contributed by atoms with van der Waals surface area (Å²) in [4.78, 5) is 51.5. The number of ketones is 1. The number of aromatic nitrogens is 1. The largest absolute Gasteiger partial charge is 0.346 e. The summed E-state index contributed by atoms with van der Waals surface area (Å²) in [7, 11) is 0. The van der Waals surface area contributed by atoms with E-state index < -0.39 is 5.41 Å². The van der Waals surface area contributed by atoms with E-state index in [2.05, 4.69) is 67.2 Å². The number of carbonyl (C=O) groups is 3. The van der Waals surface area contributed by atoms with Crippen molar-refractivity contribution in [3.63, 3.8) is 0 Å². The first-order valence-electron chi connectivity index (χ1n) is 17.8. The molecule has 3 aromatic rings. The van der Waals surface area contributed by atoms with Gasteiger partial charge in [-0.05, 0) is 115 Å². The van der Waals surface area contributed by atoms with Crippen molar-refractivity contribution < 1.29 is 14.4 Å². The first kappa shape index (κ1) is 32.5. The number of rotatable bonds is 8. The van der Waals surface area contributed by atoms with Crippen LogP contribution < -0.4 is 5.32 Å². The van der Waals surface area contributed by atoms with E-state index in [0.717, 1.165) is 61.6 Å². The van der Waals surface area contributed by atoms with Gasteiger partial charge in [0, 0.05) is 67.8 Å². The number of fused-ring (bicyclic) bond motifs is 3. The van der Waals surface area contributed by atoms with Crippen molar-refractivity contribution in [1.82, 2.24) is 25.0 Å². The van der Waals surface area contributed by atoms with E-state index in [0.29, 0.717) is 43.9 Å². The first-order chi connectivity index (χ1) is 22.5. The number of H-pyrrole nitrogens is 1. The summed E-state index contributed by atoms with van der Waals surface area (Å²) in [5.41, 5.74) is 5.74. The molecule has 2 aromatic heterocycles. The summed E-state index contributed by atoms with van der Waals surface area (Å²) in [6, 6.07) is 9.43. The number of aromatic amines is 1. The minimum absolute atomic E-state index is 0.0735. The zero-order valence-electron chi connectivity index (χ0n) is 28.8. The standard InChI is InChI=1S/C38H51N5O3S/c1-23-18-24(2)20-28(19-23)34-29(10-13-41-11-8-26(9-12-41)37(46)43-16-14-42(15-17-43)25(3)44)30-21-32(47-36(30)40-34)38(4,5)35(45)33-27-6-7-31(33)39-22-27/h18-21,26-27,31,33,39-40H,6-17,22H2,1-5H3. The van der Waals surface area contributed by atoms with E-state index in [1.54, 1.807) is 18.3 Å². The normalized spacial score (nSPS) is 24.1. The number of benzene rings is 1. The highest BCUT2D eigenvalue weighted by Crippen LogP contribution is 2.45. The second-order valence-corrected chi connectivity index (χ2v) is 16.3. The average molecular weight is 658 g/mol. The van der Waals surface area contributed by atoms with E-state index in [4.69, 9.17) is 0 Å². The zero-order chi connectivity index (χ0) is 33.0. The number of nitrogens with zero attached hydrogens (tertiary/aromatic N) is 3. The molecule has 4 aliphatic rings. The van der Waals surface area contributed by atoms with Crippen LogP contribution in [-0.2, 0) is 26.2 Å². The lowest BCUT2D eigenvalue weighted by Crippen LogP contribution is -2.52. The highest BCUT2D eigenvalue weighted by atomic mass is 32.1. The van der Waals surface area contributed by atoms with Gasteiger partial charge < -0.3 is 25.0 Å². The topological polar surface area (TPSA) is 88.8 Å². The molecular weight excluding hydrogens is 607 g/mol. The van der Waals surface area contributed by atoms with E-state index in [1.807, 2.05) is 9.80 Å². The molecule has 252 valence electrons. The number of piperidine rings is 2. The Morgan fingerprint density at radius 1 is 0.894 bits per heavy atom. The SMILES string of the molecule is CC(=O)N1CCN(C(=O)C2CCN(CCc3c(-c4cc(C)cc(C)c4)[nH]c4sc(C(C)(C)C(=O)C5C6CCC5NC6)cc34)CC2)CC1. The first-order valence-corrected chi connectivity index (χ1v) is 18.6.